The minimum Gasteiger partial charge on any atom is -0.385 e. The highest BCUT2D eigenvalue weighted by Gasteiger charge is 2.32. The summed E-state index contributed by atoms with van der Waals surface area (Å²) in [6, 6.07) is 0.644. The van der Waals surface area contributed by atoms with Gasteiger partial charge in [-0.3, -0.25) is 4.90 Å². The van der Waals surface area contributed by atoms with Gasteiger partial charge in [0.2, 0.25) is 0 Å². The van der Waals surface area contributed by atoms with E-state index in [9.17, 15) is 0 Å². The molecule has 1 saturated heterocycles. The van der Waals surface area contributed by atoms with Gasteiger partial charge in [0.05, 0.1) is 6.61 Å². The van der Waals surface area contributed by atoms with Gasteiger partial charge in [-0.25, -0.2) is 0 Å². The molecule has 1 unspecified atom stereocenters. The first-order valence-electron chi connectivity index (χ1n) is 8.00. The molecule has 0 aromatic heterocycles. The fourth-order valence-corrected chi connectivity index (χ4v) is 2.84. The van der Waals surface area contributed by atoms with E-state index in [1.54, 1.807) is 7.11 Å². The van der Waals surface area contributed by atoms with Gasteiger partial charge >= 0.3 is 0 Å². The van der Waals surface area contributed by atoms with Crippen LogP contribution in [0.5, 0.6) is 0 Å². The van der Waals surface area contributed by atoms with Gasteiger partial charge in [-0.15, -0.1) is 0 Å². The Morgan fingerprint density at radius 1 is 1.25 bits per heavy atom. The molecule has 0 amide bonds. The summed E-state index contributed by atoms with van der Waals surface area (Å²) in [6.07, 6.45) is 2.24. The maximum Gasteiger partial charge on any atom is 0.0593 e. The summed E-state index contributed by atoms with van der Waals surface area (Å²) < 4.78 is 10.7. The minimum absolute atomic E-state index is 0.212. The molecule has 1 heterocycles. The number of piperazine rings is 1. The van der Waals surface area contributed by atoms with Crippen LogP contribution in [0.25, 0.3) is 0 Å². The Labute approximate surface area is 125 Å². The summed E-state index contributed by atoms with van der Waals surface area (Å²) in [6.45, 7) is 14.8. The largest absolute Gasteiger partial charge is 0.385 e. The third-order valence-electron chi connectivity index (χ3n) is 3.83. The molecule has 1 rings (SSSR count). The molecule has 0 saturated carbocycles. The van der Waals surface area contributed by atoms with Gasteiger partial charge in [0.1, 0.15) is 0 Å². The van der Waals surface area contributed by atoms with Crippen molar-refractivity contribution in [2.45, 2.75) is 52.1 Å². The smallest absolute Gasteiger partial charge is 0.0593 e. The lowest BCUT2D eigenvalue weighted by atomic mass is 9.94. The second-order valence-corrected chi connectivity index (χ2v) is 6.98. The van der Waals surface area contributed by atoms with Crippen molar-refractivity contribution >= 4 is 0 Å². The Hall–Kier alpha value is -0.160. The highest BCUT2D eigenvalue weighted by Crippen LogP contribution is 2.19. The molecule has 120 valence electrons. The van der Waals surface area contributed by atoms with Gasteiger partial charge in [-0.05, 0) is 32.6 Å². The molecule has 1 atom stereocenters. The molecule has 0 aromatic carbocycles. The van der Waals surface area contributed by atoms with E-state index in [1.807, 2.05) is 0 Å². The Bertz CT molecular complexity index is 257. The Morgan fingerprint density at radius 2 is 2.00 bits per heavy atom. The topological polar surface area (TPSA) is 33.7 Å². The van der Waals surface area contributed by atoms with Crippen LogP contribution in [0.3, 0.4) is 0 Å². The molecule has 1 aliphatic rings. The Balaban J connectivity index is 2.32. The predicted octanol–water partition coefficient (Wildman–Crippen LogP) is 2.14. The highest BCUT2D eigenvalue weighted by molar-refractivity contribution is 4.92. The molecule has 20 heavy (non-hydrogen) atoms. The van der Waals surface area contributed by atoms with Gasteiger partial charge in [-0.1, -0.05) is 13.8 Å². The molecule has 4 nitrogen and oxygen atoms in total. The second kappa shape index (κ2) is 8.98. The van der Waals surface area contributed by atoms with E-state index < -0.39 is 0 Å². The normalized spacial score (nSPS) is 23.4. The van der Waals surface area contributed by atoms with E-state index in [2.05, 4.69) is 37.9 Å². The molecule has 0 aromatic rings. The third-order valence-corrected chi connectivity index (χ3v) is 3.83. The summed E-state index contributed by atoms with van der Waals surface area (Å²) in [7, 11) is 1.74. The average Bonchev–Trinajstić information content (AvgIpc) is 2.36. The van der Waals surface area contributed by atoms with Gasteiger partial charge in [-0.2, -0.15) is 0 Å². The fourth-order valence-electron chi connectivity index (χ4n) is 2.84. The van der Waals surface area contributed by atoms with Crippen molar-refractivity contribution in [1.82, 2.24) is 10.2 Å². The molecular formula is C16H34N2O2. The summed E-state index contributed by atoms with van der Waals surface area (Å²) in [5, 5.41) is 3.66. The zero-order valence-corrected chi connectivity index (χ0v) is 14.1. The first kappa shape index (κ1) is 17.9. The molecule has 0 radical (unpaired) electrons. The Morgan fingerprint density at radius 3 is 2.65 bits per heavy atom. The van der Waals surface area contributed by atoms with Crippen LogP contribution >= 0.6 is 0 Å². The average molecular weight is 286 g/mol. The van der Waals surface area contributed by atoms with E-state index in [-0.39, 0.29) is 5.54 Å². The fraction of sp³-hybridized carbons (Fsp3) is 1.00. The van der Waals surface area contributed by atoms with Crippen molar-refractivity contribution in [3.63, 3.8) is 0 Å². The zero-order chi connectivity index (χ0) is 15.0. The minimum atomic E-state index is 0.212. The van der Waals surface area contributed by atoms with E-state index in [4.69, 9.17) is 9.47 Å². The van der Waals surface area contributed by atoms with E-state index in [1.165, 1.54) is 6.42 Å². The van der Waals surface area contributed by atoms with Gasteiger partial charge in [0.25, 0.3) is 0 Å². The summed E-state index contributed by atoms with van der Waals surface area (Å²) in [4.78, 5) is 2.60. The van der Waals surface area contributed by atoms with Crippen molar-refractivity contribution in [3.8, 4) is 0 Å². The lowest BCUT2D eigenvalue weighted by molar-refractivity contribution is 0.0373. The SMILES string of the molecule is COCCCOCCN1CC(C)(C)NCC1CC(C)C. The zero-order valence-electron chi connectivity index (χ0n) is 14.1. The standard InChI is InChI=1S/C16H34N2O2/c1-14(2)11-15-12-17-16(3,4)13-18(15)7-10-20-9-6-8-19-5/h14-15,17H,6-13H2,1-5H3. The third kappa shape index (κ3) is 7.02. The number of methoxy groups -OCH3 is 1. The summed E-state index contributed by atoms with van der Waals surface area (Å²) >= 11 is 0. The number of hydrogen-bond acceptors (Lipinski definition) is 4. The van der Waals surface area contributed by atoms with Crippen LogP contribution in [-0.2, 0) is 9.47 Å². The number of nitrogens with zero attached hydrogens (tertiary/aromatic N) is 1. The first-order chi connectivity index (χ1) is 9.44. The van der Waals surface area contributed by atoms with Gasteiger partial charge in [0, 0.05) is 51.5 Å². The Kier molecular flexibility index (Phi) is 8.03. The highest BCUT2D eigenvalue weighted by atomic mass is 16.5. The molecule has 1 aliphatic heterocycles. The van der Waals surface area contributed by atoms with Crippen molar-refractivity contribution in [2.75, 3.05) is 46.6 Å². The van der Waals surface area contributed by atoms with Crippen molar-refractivity contribution < 1.29 is 9.47 Å². The van der Waals surface area contributed by atoms with Crippen molar-refractivity contribution in [2.24, 2.45) is 5.92 Å². The molecule has 0 aliphatic carbocycles. The molecule has 1 N–H and O–H groups in total. The van der Waals surface area contributed by atoms with Crippen LogP contribution < -0.4 is 5.32 Å². The number of nitrogens with one attached hydrogen (secondary N) is 1. The quantitative estimate of drug-likeness (QED) is 0.659. The van der Waals surface area contributed by atoms with Crippen LogP contribution in [0.4, 0.5) is 0 Å². The molecule has 1 fully saturated rings. The second-order valence-electron chi connectivity index (χ2n) is 6.98. The van der Waals surface area contributed by atoms with E-state index in [0.717, 1.165) is 51.8 Å². The monoisotopic (exact) mass is 286 g/mol. The molecule has 4 heteroatoms. The molecule has 0 bridgehead atoms. The lowest BCUT2D eigenvalue weighted by Gasteiger charge is -2.45. The molecular weight excluding hydrogens is 252 g/mol. The summed E-state index contributed by atoms with van der Waals surface area (Å²) in [5.41, 5.74) is 0.212. The van der Waals surface area contributed by atoms with Gasteiger partial charge in [0.15, 0.2) is 0 Å². The van der Waals surface area contributed by atoms with E-state index in [0.29, 0.717) is 6.04 Å². The van der Waals surface area contributed by atoms with Gasteiger partial charge < -0.3 is 14.8 Å². The van der Waals surface area contributed by atoms with Crippen molar-refractivity contribution in [3.05, 3.63) is 0 Å². The number of rotatable bonds is 9. The lowest BCUT2D eigenvalue weighted by Crippen LogP contribution is -2.62. The first-order valence-corrected chi connectivity index (χ1v) is 8.00. The van der Waals surface area contributed by atoms with Crippen molar-refractivity contribution in [1.29, 1.82) is 0 Å². The number of hydrogen-bond donors (Lipinski definition) is 1. The van der Waals surface area contributed by atoms with Crippen LogP contribution in [0, 0.1) is 5.92 Å². The van der Waals surface area contributed by atoms with Crippen LogP contribution in [0.2, 0.25) is 0 Å². The number of ether oxygens (including phenoxy) is 2. The maximum atomic E-state index is 5.72. The van der Waals surface area contributed by atoms with Crippen LogP contribution in [0.1, 0.15) is 40.5 Å². The van der Waals surface area contributed by atoms with E-state index >= 15 is 0 Å². The summed E-state index contributed by atoms with van der Waals surface area (Å²) in [5.74, 6) is 0.744. The predicted molar refractivity (Wildman–Crippen MR) is 84.2 cm³/mol. The van der Waals surface area contributed by atoms with Crippen LogP contribution in [0.15, 0.2) is 0 Å². The maximum absolute atomic E-state index is 5.72. The van der Waals surface area contributed by atoms with Crippen LogP contribution in [-0.4, -0.2) is 63.0 Å². The molecule has 0 spiro atoms.